The van der Waals surface area contributed by atoms with Crippen molar-refractivity contribution in [1.82, 2.24) is 9.80 Å². The highest BCUT2D eigenvalue weighted by molar-refractivity contribution is 5.81. The number of piperidine rings is 1. The number of ketones is 1. The monoisotopic (exact) mass is 210 g/mol. The topological polar surface area (TPSA) is 40.6 Å². The van der Waals surface area contributed by atoms with Crippen LogP contribution in [0, 0.1) is 0 Å². The summed E-state index contributed by atoms with van der Waals surface area (Å²) in [6.07, 6.45) is 3.53. The van der Waals surface area contributed by atoms with E-state index < -0.39 is 0 Å². The number of Topliss-reactive ketones (excluding diaryl/α,β-unsaturated/α-hetero) is 1. The summed E-state index contributed by atoms with van der Waals surface area (Å²) < 4.78 is 0. The SMILES string of the molecule is CN(C(=O)CN1CCC(=O)CC1)C1CC1. The molecule has 1 amide bonds. The molecule has 84 valence electrons. The molecule has 2 fully saturated rings. The van der Waals surface area contributed by atoms with Gasteiger partial charge in [0.2, 0.25) is 5.91 Å². The molecule has 15 heavy (non-hydrogen) atoms. The van der Waals surface area contributed by atoms with Gasteiger partial charge >= 0.3 is 0 Å². The first-order valence-electron chi connectivity index (χ1n) is 5.66. The lowest BCUT2D eigenvalue weighted by Gasteiger charge is -2.27. The number of carbonyl (C=O) groups excluding carboxylic acids is 2. The molecule has 0 atom stereocenters. The minimum Gasteiger partial charge on any atom is -0.342 e. The number of nitrogens with zero attached hydrogens (tertiary/aromatic N) is 2. The third kappa shape index (κ3) is 2.78. The van der Waals surface area contributed by atoms with Crippen molar-refractivity contribution in [3.8, 4) is 0 Å². The third-order valence-corrected chi connectivity index (χ3v) is 3.26. The molecule has 1 saturated heterocycles. The zero-order valence-corrected chi connectivity index (χ0v) is 9.24. The maximum Gasteiger partial charge on any atom is 0.236 e. The van der Waals surface area contributed by atoms with Crippen molar-refractivity contribution in [1.29, 1.82) is 0 Å². The van der Waals surface area contributed by atoms with Gasteiger partial charge in [-0.05, 0) is 12.8 Å². The molecular formula is C11H18N2O2. The van der Waals surface area contributed by atoms with Crippen LogP contribution < -0.4 is 0 Å². The van der Waals surface area contributed by atoms with Crippen molar-refractivity contribution >= 4 is 11.7 Å². The van der Waals surface area contributed by atoms with Crippen LogP contribution in [0.15, 0.2) is 0 Å². The molecule has 1 aliphatic heterocycles. The summed E-state index contributed by atoms with van der Waals surface area (Å²) in [5.41, 5.74) is 0. The lowest BCUT2D eigenvalue weighted by molar-refractivity contribution is -0.133. The Labute approximate surface area is 90.2 Å². The summed E-state index contributed by atoms with van der Waals surface area (Å²) >= 11 is 0. The molecule has 0 radical (unpaired) electrons. The quantitative estimate of drug-likeness (QED) is 0.671. The Kier molecular flexibility index (Phi) is 3.05. The van der Waals surface area contributed by atoms with E-state index in [0.717, 1.165) is 25.9 Å². The molecule has 4 nitrogen and oxygen atoms in total. The van der Waals surface area contributed by atoms with Crippen LogP contribution in [0.1, 0.15) is 25.7 Å². The predicted octanol–water partition coefficient (Wildman–Crippen LogP) is 0.272. The summed E-state index contributed by atoms with van der Waals surface area (Å²) in [6, 6.07) is 0.490. The van der Waals surface area contributed by atoms with Gasteiger partial charge in [0, 0.05) is 39.0 Å². The van der Waals surface area contributed by atoms with Crippen LogP contribution in [-0.2, 0) is 9.59 Å². The van der Waals surface area contributed by atoms with Crippen molar-refractivity contribution < 1.29 is 9.59 Å². The first-order chi connectivity index (χ1) is 7.16. The summed E-state index contributed by atoms with van der Waals surface area (Å²) in [6.45, 7) is 1.99. The van der Waals surface area contributed by atoms with E-state index in [0.29, 0.717) is 31.2 Å². The van der Waals surface area contributed by atoms with E-state index in [1.54, 1.807) is 0 Å². The number of hydrogen-bond acceptors (Lipinski definition) is 3. The summed E-state index contributed by atoms with van der Waals surface area (Å²) in [5.74, 6) is 0.529. The smallest absolute Gasteiger partial charge is 0.236 e. The fourth-order valence-corrected chi connectivity index (χ4v) is 1.93. The number of likely N-dealkylation sites (N-methyl/N-ethyl adjacent to an activating group) is 1. The number of hydrogen-bond donors (Lipinski definition) is 0. The van der Waals surface area contributed by atoms with Crippen LogP contribution in [0.4, 0.5) is 0 Å². The van der Waals surface area contributed by atoms with Gasteiger partial charge in [-0.1, -0.05) is 0 Å². The Bertz CT molecular complexity index is 264. The molecule has 1 saturated carbocycles. The molecule has 0 aromatic carbocycles. The summed E-state index contributed by atoms with van der Waals surface area (Å²) in [5, 5.41) is 0. The molecular weight excluding hydrogens is 192 g/mol. The average molecular weight is 210 g/mol. The molecule has 0 aromatic heterocycles. The molecule has 2 aliphatic rings. The van der Waals surface area contributed by atoms with E-state index in [4.69, 9.17) is 0 Å². The van der Waals surface area contributed by atoms with Gasteiger partial charge in [-0.15, -0.1) is 0 Å². The second kappa shape index (κ2) is 4.31. The van der Waals surface area contributed by atoms with Crippen LogP contribution in [-0.4, -0.2) is 54.2 Å². The second-order valence-electron chi connectivity index (χ2n) is 4.55. The average Bonchev–Trinajstić information content (AvgIpc) is 3.04. The lowest BCUT2D eigenvalue weighted by Crippen LogP contribution is -2.42. The second-order valence-corrected chi connectivity index (χ2v) is 4.55. The van der Waals surface area contributed by atoms with Gasteiger partial charge < -0.3 is 4.90 Å². The molecule has 2 rings (SSSR count). The van der Waals surface area contributed by atoms with Crippen LogP contribution in [0.25, 0.3) is 0 Å². The molecule has 1 aliphatic carbocycles. The van der Waals surface area contributed by atoms with Gasteiger partial charge in [0.1, 0.15) is 5.78 Å². The molecule has 0 unspecified atom stereocenters. The van der Waals surface area contributed by atoms with E-state index in [-0.39, 0.29) is 5.91 Å². The molecule has 0 spiro atoms. The highest BCUT2D eigenvalue weighted by Gasteiger charge is 2.30. The maximum atomic E-state index is 11.8. The number of amides is 1. The van der Waals surface area contributed by atoms with E-state index in [2.05, 4.69) is 4.90 Å². The Morgan fingerprint density at radius 1 is 1.40 bits per heavy atom. The highest BCUT2D eigenvalue weighted by atomic mass is 16.2. The normalized spacial score (nSPS) is 22.9. The fraction of sp³-hybridized carbons (Fsp3) is 0.818. The summed E-state index contributed by atoms with van der Waals surface area (Å²) in [7, 11) is 1.88. The minimum atomic E-state index is 0.201. The van der Waals surface area contributed by atoms with E-state index in [1.165, 1.54) is 0 Å². The Morgan fingerprint density at radius 2 is 2.00 bits per heavy atom. The molecule has 0 bridgehead atoms. The van der Waals surface area contributed by atoms with Crippen molar-refractivity contribution in [2.24, 2.45) is 0 Å². The zero-order valence-electron chi connectivity index (χ0n) is 9.24. The standard InChI is InChI=1S/C11H18N2O2/c1-12(9-2-3-9)11(15)8-13-6-4-10(14)5-7-13/h9H,2-8H2,1H3. The number of rotatable bonds is 3. The van der Waals surface area contributed by atoms with Gasteiger partial charge in [-0.2, -0.15) is 0 Å². The van der Waals surface area contributed by atoms with Gasteiger partial charge in [0.05, 0.1) is 6.54 Å². The lowest BCUT2D eigenvalue weighted by atomic mass is 10.1. The number of carbonyl (C=O) groups is 2. The fourth-order valence-electron chi connectivity index (χ4n) is 1.93. The van der Waals surface area contributed by atoms with Crippen molar-refractivity contribution in [3.63, 3.8) is 0 Å². The zero-order chi connectivity index (χ0) is 10.8. The van der Waals surface area contributed by atoms with Crippen LogP contribution in [0.5, 0.6) is 0 Å². The van der Waals surface area contributed by atoms with Crippen molar-refractivity contribution in [2.75, 3.05) is 26.7 Å². The minimum absolute atomic E-state index is 0.201. The van der Waals surface area contributed by atoms with E-state index in [1.807, 2.05) is 11.9 Å². The molecule has 1 heterocycles. The van der Waals surface area contributed by atoms with Crippen LogP contribution in [0.3, 0.4) is 0 Å². The Balaban J connectivity index is 1.75. The van der Waals surface area contributed by atoms with Crippen molar-refractivity contribution in [3.05, 3.63) is 0 Å². The van der Waals surface area contributed by atoms with E-state index in [9.17, 15) is 9.59 Å². The van der Waals surface area contributed by atoms with Crippen LogP contribution >= 0.6 is 0 Å². The predicted molar refractivity (Wildman–Crippen MR) is 56.5 cm³/mol. The first kappa shape index (κ1) is 10.6. The molecule has 4 heteroatoms. The first-order valence-corrected chi connectivity index (χ1v) is 5.66. The largest absolute Gasteiger partial charge is 0.342 e. The Hall–Kier alpha value is -0.900. The third-order valence-electron chi connectivity index (χ3n) is 3.26. The molecule has 0 N–H and O–H groups in total. The van der Waals surface area contributed by atoms with Gasteiger partial charge in [-0.25, -0.2) is 0 Å². The maximum absolute atomic E-state index is 11.8. The molecule has 0 aromatic rings. The highest BCUT2D eigenvalue weighted by Crippen LogP contribution is 2.25. The van der Waals surface area contributed by atoms with Crippen LogP contribution in [0.2, 0.25) is 0 Å². The summed E-state index contributed by atoms with van der Waals surface area (Å²) in [4.78, 5) is 26.7. The number of likely N-dealkylation sites (tertiary alicyclic amines) is 1. The Morgan fingerprint density at radius 3 is 2.53 bits per heavy atom. The van der Waals surface area contributed by atoms with Crippen molar-refractivity contribution in [2.45, 2.75) is 31.7 Å². The van der Waals surface area contributed by atoms with Gasteiger partial charge in [0.15, 0.2) is 0 Å². The van der Waals surface area contributed by atoms with Gasteiger partial charge in [-0.3, -0.25) is 14.5 Å². The van der Waals surface area contributed by atoms with E-state index >= 15 is 0 Å². The van der Waals surface area contributed by atoms with Gasteiger partial charge in [0.25, 0.3) is 0 Å².